The molecule has 2 saturated heterocycles. The average molecular weight is 649 g/mol. The molecule has 4 aromatic rings. The van der Waals surface area contributed by atoms with Crippen LogP contribution in [0.4, 0.5) is 11.8 Å². The van der Waals surface area contributed by atoms with Crippen LogP contribution in [-0.2, 0) is 11.8 Å². The molecule has 3 aliphatic heterocycles. The second-order valence-corrected chi connectivity index (χ2v) is 14.2. The number of ether oxygens (including phenoxy) is 1. The molecule has 1 amide bonds. The van der Waals surface area contributed by atoms with Crippen molar-refractivity contribution in [1.82, 2.24) is 29.4 Å². The number of nitrogens with zero attached hydrogens (tertiary/aromatic N) is 7. The van der Waals surface area contributed by atoms with Crippen LogP contribution in [0.5, 0.6) is 11.5 Å². The number of aromatic hydroxyl groups is 1. The van der Waals surface area contributed by atoms with Gasteiger partial charge in [-0.15, -0.1) is 0 Å². The second-order valence-electron chi connectivity index (χ2n) is 14.2. The summed E-state index contributed by atoms with van der Waals surface area (Å²) in [5.41, 5.74) is 4.94. The zero-order valence-corrected chi connectivity index (χ0v) is 27.4. The number of aliphatic hydroxyl groups excluding tert-OH is 1. The molecule has 5 aliphatic rings. The number of aromatic nitrogens is 4. The Morgan fingerprint density at radius 3 is 2.69 bits per heavy atom. The van der Waals surface area contributed by atoms with Crippen LogP contribution >= 0.6 is 0 Å². The highest BCUT2D eigenvalue weighted by Gasteiger charge is 2.64. The third-order valence-corrected chi connectivity index (χ3v) is 11.4. The summed E-state index contributed by atoms with van der Waals surface area (Å²) in [5.74, 6) is 1.73. The van der Waals surface area contributed by atoms with Crippen LogP contribution < -0.4 is 15.1 Å². The fourth-order valence-electron chi connectivity index (χ4n) is 9.10. The lowest BCUT2D eigenvalue weighted by Crippen LogP contribution is -2.64. The quantitative estimate of drug-likeness (QED) is 0.276. The maximum Gasteiger partial charge on any atom is 0.272 e. The van der Waals surface area contributed by atoms with Crippen LogP contribution in [0.25, 0.3) is 22.2 Å². The molecule has 0 unspecified atom stereocenters. The molecule has 248 valence electrons. The van der Waals surface area contributed by atoms with Gasteiger partial charge in [-0.05, 0) is 81.1 Å². The molecule has 6 heterocycles. The number of phenols is 1. The molecule has 5 atom stereocenters. The fraction of sp³-hybridized carbons (Fsp3) is 0.444. The summed E-state index contributed by atoms with van der Waals surface area (Å²) in [6.45, 7) is 2.63. The Hall–Kier alpha value is -4.68. The summed E-state index contributed by atoms with van der Waals surface area (Å²) in [7, 11) is 5.70. The van der Waals surface area contributed by atoms with Gasteiger partial charge in [0.15, 0.2) is 17.1 Å². The molecule has 2 aliphatic carbocycles. The summed E-state index contributed by atoms with van der Waals surface area (Å²) >= 11 is 0. The highest BCUT2D eigenvalue weighted by molar-refractivity contribution is 5.98. The van der Waals surface area contributed by atoms with Crippen molar-refractivity contribution in [3.05, 3.63) is 65.6 Å². The van der Waals surface area contributed by atoms with Crippen molar-refractivity contribution in [3.63, 3.8) is 0 Å². The molecule has 1 spiro atoms. The number of anilines is 2. The summed E-state index contributed by atoms with van der Waals surface area (Å²) in [6.07, 6.45) is 11.5. The lowest BCUT2D eigenvalue weighted by Gasteiger charge is -2.56. The van der Waals surface area contributed by atoms with Crippen molar-refractivity contribution in [2.24, 2.45) is 5.92 Å². The largest absolute Gasteiger partial charge is 0.504 e. The van der Waals surface area contributed by atoms with Crippen LogP contribution in [0, 0.1) is 5.92 Å². The number of fused-ring (bicyclic) bond motifs is 1. The lowest BCUT2D eigenvalue weighted by molar-refractivity contribution is -0.0452. The number of pyridine rings is 1. The topological polar surface area (TPSA) is 132 Å². The van der Waals surface area contributed by atoms with Crippen molar-refractivity contribution in [1.29, 1.82) is 0 Å². The minimum absolute atomic E-state index is 0.0782. The number of carbonyl (C=O) groups is 1. The van der Waals surface area contributed by atoms with E-state index in [2.05, 4.69) is 33.3 Å². The van der Waals surface area contributed by atoms with Gasteiger partial charge in [-0.3, -0.25) is 4.79 Å². The molecule has 2 fully saturated rings. The standard InChI is InChI=1S/C36H40N8O4/c1-41(2)34(47)26-15-21-19-38-35(40-33(21)44(26)43-12-5-4-6-13-43)39-29-10-7-20(18-37-29)22-17-28(46)31-30-23(22)16-25-24-8-9-27(45)32(48-31)36(24,30)11-14-42(25)3/h7-10,15,17-19,24-25,27,32,45-46H,4-6,11-14,16H2,1-3H3,(H,37,38,39,40)/t24-,25+,27-,32-,36-/m0/s1. The summed E-state index contributed by atoms with van der Waals surface area (Å²) in [6, 6.07) is 7.83. The van der Waals surface area contributed by atoms with E-state index in [-0.39, 0.29) is 29.0 Å². The van der Waals surface area contributed by atoms with Gasteiger partial charge >= 0.3 is 0 Å². The van der Waals surface area contributed by atoms with Gasteiger partial charge in [0.2, 0.25) is 5.95 Å². The van der Waals surface area contributed by atoms with E-state index in [4.69, 9.17) is 14.7 Å². The van der Waals surface area contributed by atoms with E-state index in [0.29, 0.717) is 28.9 Å². The van der Waals surface area contributed by atoms with Crippen LogP contribution in [-0.4, -0.2) is 105 Å². The Kier molecular flexibility index (Phi) is 6.54. The molecule has 48 heavy (non-hydrogen) atoms. The first-order valence-electron chi connectivity index (χ1n) is 17.0. The first kappa shape index (κ1) is 29.5. The maximum absolute atomic E-state index is 13.2. The molecular weight excluding hydrogens is 608 g/mol. The van der Waals surface area contributed by atoms with Gasteiger partial charge in [0.05, 0.1) is 0 Å². The third-order valence-electron chi connectivity index (χ3n) is 11.4. The van der Waals surface area contributed by atoms with E-state index in [9.17, 15) is 15.0 Å². The molecule has 0 saturated carbocycles. The van der Waals surface area contributed by atoms with Crippen LogP contribution in [0.3, 0.4) is 0 Å². The number of nitrogens with one attached hydrogen (secondary N) is 1. The van der Waals surface area contributed by atoms with Crippen molar-refractivity contribution in [2.75, 3.05) is 51.1 Å². The SMILES string of the molecule is CN(C)C(=O)c1cc2cnc(Nc3ccc(-c4cc(O)c5c6c4C[C@@H]4[C@@H]7C=C[C@H](O)[C@H](O5)[C@]67CCN4C)cn3)nc2n1N1CCCCC1. The Labute approximate surface area is 278 Å². The van der Waals surface area contributed by atoms with Crippen molar-refractivity contribution in [3.8, 4) is 22.6 Å². The highest BCUT2D eigenvalue weighted by Crippen LogP contribution is 2.63. The highest BCUT2D eigenvalue weighted by atomic mass is 16.5. The first-order chi connectivity index (χ1) is 23.2. The number of amides is 1. The van der Waals surface area contributed by atoms with Crippen LogP contribution in [0.1, 0.15) is 47.3 Å². The van der Waals surface area contributed by atoms with E-state index < -0.39 is 12.2 Å². The third kappa shape index (κ3) is 4.14. The number of likely N-dealkylation sites (tertiary alicyclic amines) is 1. The number of benzene rings is 1. The smallest absolute Gasteiger partial charge is 0.272 e. The van der Waals surface area contributed by atoms with Gasteiger partial charge in [0.25, 0.3) is 5.91 Å². The van der Waals surface area contributed by atoms with Crippen molar-refractivity contribution >= 4 is 28.7 Å². The van der Waals surface area contributed by atoms with Gasteiger partial charge in [0.1, 0.15) is 23.7 Å². The Morgan fingerprint density at radius 2 is 1.92 bits per heavy atom. The molecule has 12 nitrogen and oxygen atoms in total. The molecule has 0 radical (unpaired) electrons. The van der Waals surface area contributed by atoms with Crippen LogP contribution in [0.15, 0.2) is 48.8 Å². The minimum Gasteiger partial charge on any atom is -0.504 e. The monoisotopic (exact) mass is 648 g/mol. The normalized spacial score (nSPS) is 27.1. The zero-order chi connectivity index (χ0) is 32.9. The summed E-state index contributed by atoms with van der Waals surface area (Å²) < 4.78 is 8.36. The number of carbonyl (C=O) groups excluding carboxylic acids is 1. The predicted molar refractivity (Wildman–Crippen MR) is 181 cm³/mol. The first-order valence-corrected chi connectivity index (χ1v) is 17.0. The van der Waals surface area contributed by atoms with E-state index in [1.165, 1.54) is 12.0 Å². The number of aliphatic hydroxyl groups is 1. The summed E-state index contributed by atoms with van der Waals surface area (Å²) in [4.78, 5) is 31.3. The average Bonchev–Trinajstić information content (AvgIpc) is 3.65. The molecule has 9 rings (SSSR count). The minimum atomic E-state index is -0.720. The van der Waals surface area contributed by atoms with E-state index in [1.54, 1.807) is 31.3 Å². The number of phenolic OH excluding ortho intramolecular Hbond substituents is 1. The Bertz CT molecular complexity index is 1980. The Morgan fingerprint density at radius 1 is 1.08 bits per heavy atom. The molecule has 12 heteroatoms. The van der Waals surface area contributed by atoms with Gasteiger partial charge in [-0.2, -0.15) is 4.98 Å². The lowest BCUT2D eigenvalue weighted by atomic mass is 9.53. The van der Waals surface area contributed by atoms with E-state index >= 15 is 0 Å². The van der Waals surface area contributed by atoms with Crippen molar-refractivity contribution in [2.45, 2.75) is 55.8 Å². The van der Waals surface area contributed by atoms with Crippen LogP contribution in [0.2, 0.25) is 0 Å². The molecule has 3 N–H and O–H groups in total. The van der Waals surface area contributed by atoms with E-state index in [1.807, 2.05) is 35.1 Å². The molecule has 1 aromatic carbocycles. The number of rotatable bonds is 5. The number of hydrogen-bond acceptors (Lipinski definition) is 10. The molecule has 3 aromatic heterocycles. The summed E-state index contributed by atoms with van der Waals surface area (Å²) in [5, 5.41) is 28.6. The number of piperidine rings is 2. The zero-order valence-electron chi connectivity index (χ0n) is 27.4. The van der Waals surface area contributed by atoms with Gasteiger partial charge < -0.3 is 35.1 Å². The molecule has 2 bridgehead atoms. The van der Waals surface area contributed by atoms with Gasteiger partial charge in [0, 0.05) is 73.5 Å². The second kappa shape index (κ2) is 10.7. The number of likely N-dealkylation sites (N-methyl/N-ethyl adjacent to an activating group) is 1. The number of hydrogen-bond donors (Lipinski definition) is 3. The van der Waals surface area contributed by atoms with Gasteiger partial charge in [-0.1, -0.05) is 12.2 Å². The Balaban J connectivity index is 1.06. The predicted octanol–water partition coefficient (Wildman–Crippen LogP) is 3.57. The van der Waals surface area contributed by atoms with Crippen molar-refractivity contribution < 1.29 is 19.7 Å². The fourth-order valence-corrected chi connectivity index (χ4v) is 9.10. The van der Waals surface area contributed by atoms with Gasteiger partial charge in [-0.25, -0.2) is 14.6 Å². The maximum atomic E-state index is 13.2. The van der Waals surface area contributed by atoms with E-state index in [0.717, 1.165) is 67.4 Å². The molecular formula is C36H40N8O4.